The monoisotopic (exact) mass is 247 g/mol. The van der Waals surface area contributed by atoms with Gasteiger partial charge in [-0.1, -0.05) is 0 Å². The van der Waals surface area contributed by atoms with E-state index in [-0.39, 0.29) is 6.10 Å². The smallest absolute Gasteiger partial charge is 0.157 e. The Balaban J connectivity index is 1.75. The minimum absolute atomic E-state index is 0.0876. The van der Waals surface area contributed by atoms with Crippen LogP contribution < -0.4 is 5.32 Å². The lowest BCUT2D eigenvalue weighted by molar-refractivity contribution is 0.0768. The molecule has 1 atom stereocenters. The predicted molar refractivity (Wildman–Crippen MR) is 69.1 cm³/mol. The number of nitrogens with zero attached hydrogens (tertiary/aromatic N) is 2. The van der Waals surface area contributed by atoms with E-state index in [1.165, 1.54) is 25.7 Å². The van der Waals surface area contributed by atoms with Crippen LogP contribution in [-0.2, 0) is 11.3 Å². The largest absolute Gasteiger partial charge is 0.373 e. The fraction of sp³-hybridized carbons (Fsp3) is 0.714. The van der Waals surface area contributed by atoms with Gasteiger partial charge >= 0.3 is 0 Å². The molecule has 18 heavy (non-hydrogen) atoms. The molecule has 1 aromatic heterocycles. The second-order valence-corrected chi connectivity index (χ2v) is 5.51. The Hall–Kier alpha value is -1.00. The van der Waals surface area contributed by atoms with Crippen molar-refractivity contribution in [2.45, 2.75) is 51.3 Å². The molecule has 0 spiro atoms. The summed E-state index contributed by atoms with van der Waals surface area (Å²) in [5.74, 6) is 1.49. The van der Waals surface area contributed by atoms with Gasteiger partial charge in [0, 0.05) is 25.4 Å². The maximum atomic E-state index is 5.56. The molecule has 1 unspecified atom stereocenters. The average Bonchev–Trinajstić information content (AvgIpc) is 3.21. The van der Waals surface area contributed by atoms with Gasteiger partial charge in [0.1, 0.15) is 6.10 Å². The number of aryl methyl sites for hydroxylation is 1. The summed E-state index contributed by atoms with van der Waals surface area (Å²) in [4.78, 5) is 9.21. The Kier molecular flexibility index (Phi) is 3.31. The highest BCUT2D eigenvalue weighted by Gasteiger charge is 2.34. The number of rotatable bonds is 6. The molecule has 0 radical (unpaired) electrons. The zero-order valence-electron chi connectivity index (χ0n) is 11.1. The third kappa shape index (κ3) is 2.87. The number of hydrogen-bond donors (Lipinski definition) is 1. The van der Waals surface area contributed by atoms with Crippen molar-refractivity contribution in [2.75, 3.05) is 7.11 Å². The van der Waals surface area contributed by atoms with E-state index in [1.807, 2.05) is 6.92 Å². The lowest BCUT2D eigenvalue weighted by Gasteiger charge is -2.14. The summed E-state index contributed by atoms with van der Waals surface area (Å²) in [6.07, 6.45) is 5.18. The van der Waals surface area contributed by atoms with Gasteiger partial charge in [0.25, 0.3) is 0 Å². The number of aromatic nitrogens is 2. The first-order valence-corrected chi connectivity index (χ1v) is 6.87. The van der Waals surface area contributed by atoms with Gasteiger partial charge in [-0.3, -0.25) is 0 Å². The summed E-state index contributed by atoms with van der Waals surface area (Å²) in [7, 11) is 1.76. The van der Waals surface area contributed by atoms with E-state index in [0.717, 1.165) is 23.8 Å². The summed E-state index contributed by atoms with van der Waals surface area (Å²) in [5.41, 5.74) is 2.13. The molecule has 2 aliphatic rings. The van der Waals surface area contributed by atoms with Crippen LogP contribution in [0.5, 0.6) is 0 Å². The van der Waals surface area contributed by atoms with Gasteiger partial charge in [-0.2, -0.15) is 0 Å². The number of ether oxygens (including phenoxy) is 1. The van der Waals surface area contributed by atoms with E-state index in [1.54, 1.807) is 7.11 Å². The van der Waals surface area contributed by atoms with E-state index in [2.05, 4.69) is 21.4 Å². The summed E-state index contributed by atoms with van der Waals surface area (Å²) in [6, 6.07) is 2.78. The summed E-state index contributed by atoms with van der Waals surface area (Å²) in [6.45, 7) is 2.88. The lowest BCUT2D eigenvalue weighted by atomic mass is 10.2. The van der Waals surface area contributed by atoms with Gasteiger partial charge in [0.05, 0.1) is 5.69 Å². The van der Waals surface area contributed by atoms with Crippen molar-refractivity contribution in [3.05, 3.63) is 23.3 Å². The van der Waals surface area contributed by atoms with Crippen LogP contribution in [0.2, 0.25) is 0 Å². The van der Waals surface area contributed by atoms with Crippen molar-refractivity contribution in [1.29, 1.82) is 0 Å². The van der Waals surface area contributed by atoms with Crippen LogP contribution in [0.1, 0.15) is 49.0 Å². The van der Waals surface area contributed by atoms with Crippen molar-refractivity contribution in [3.8, 4) is 0 Å². The molecule has 0 amide bonds. The molecule has 1 heterocycles. The second-order valence-electron chi connectivity index (χ2n) is 5.51. The maximum Gasteiger partial charge on any atom is 0.157 e. The number of methoxy groups -OCH3 is 1. The molecule has 1 aromatic rings. The maximum absolute atomic E-state index is 5.56. The van der Waals surface area contributed by atoms with Crippen molar-refractivity contribution < 1.29 is 4.74 Å². The second kappa shape index (κ2) is 4.94. The topological polar surface area (TPSA) is 47.0 Å². The first kappa shape index (κ1) is 12.1. The van der Waals surface area contributed by atoms with E-state index >= 15 is 0 Å². The highest BCUT2D eigenvalue weighted by Crippen LogP contribution is 2.41. The average molecular weight is 247 g/mol. The van der Waals surface area contributed by atoms with Gasteiger partial charge < -0.3 is 10.1 Å². The fourth-order valence-corrected chi connectivity index (χ4v) is 2.32. The van der Waals surface area contributed by atoms with E-state index in [0.29, 0.717) is 12.0 Å². The van der Waals surface area contributed by atoms with Crippen LogP contribution in [0.15, 0.2) is 6.07 Å². The summed E-state index contributed by atoms with van der Waals surface area (Å²) in [5, 5.41) is 3.50. The van der Waals surface area contributed by atoms with Crippen LogP contribution in [0, 0.1) is 12.8 Å². The van der Waals surface area contributed by atoms with Crippen molar-refractivity contribution in [3.63, 3.8) is 0 Å². The molecule has 98 valence electrons. The Bertz CT molecular complexity index is 427. The van der Waals surface area contributed by atoms with Crippen molar-refractivity contribution in [2.24, 2.45) is 5.92 Å². The molecular formula is C14H21N3O. The number of nitrogens with one attached hydrogen (secondary N) is 1. The zero-order valence-corrected chi connectivity index (χ0v) is 11.1. The highest BCUT2D eigenvalue weighted by molar-refractivity contribution is 5.13. The van der Waals surface area contributed by atoms with Gasteiger partial charge in [-0.15, -0.1) is 0 Å². The Labute approximate surface area is 108 Å². The first-order valence-electron chi connectivity index (χ1n) is 6.87. The lowest BCUT2D eigenvalue weighted by Crippen LogP contribution is -2.18. The SMILES string of the molecule is COC(c1nc(C)cc(CNC2CC2)n1)C1CC1. The summed E-state index contributed by atoms with van der Waals surface area (Å²) < 4.78 is 5.56. The van der Waals surface area contributed by atoms with Crippen LogP contribution in [0.25, 0.3) is 0 Å². The van der Waals surface area contributed by atoms with E-state index in [4.69, 9.17) is 4.74 Å². The summed E-state index contributed by atoms with van der Waals surface area (Å²) >= 11 is 0. The quantitative estimate of drug-likeness (QED) is 0.836. The molecule has 4 heteroatoms. The molecule has 2 fully saturated rings. The molecule has 0 bridgehead atoms. The third-order valence-electron chi connectivity index (χ3n) is 3.63. The normalized spacial score (nSPS) is 21.0. The molecule has 3 rings (SSSR count). The van der Waals surface area contributed by atoms with Gasteiger partial charge in [0.2, 0.25) is 0 Å². The molecule has 2 aliphatic carbocycles. The molecule has 0 aliphatic heterocycles. The van der Waals surface area contributed by atoms with Gasteiger partial charge in [-0.25, -0.2) is 9.97 Å². The van der Waals surface area contributed by atoms with Crippen LogP contribution >= 0.6 is 0 Å². The van der Waals surface area contributed by atoms with Crippen LogP contribution in [0.4, 0.5) is 0 Å². The Morgan fingerprint density at radius 2 is 2.11 bits per heavy atom. The molecule has 2 saturated carbocycles. The van der Waals surface area contributed by atoms with E-state index < -0.39 is 0 Å². The van der Waals surface area contributed by atoms with Crippen LogP contribution in [0.3, 0.4) is 0 Å². The minimum Gasteiger partial charge on any atom is -0.373 e. The fourth-order valence-electron chi connectivity index (χ4n) is 2.32. The first-order chi connectivity index (χ1) is 8.76. The number of hydrogen-bond acceptors (Lipinski definition) is 4. The van der Waals surface area contributed by atoms with Crippen LogP contribution in [-0.4, -0.2) is 23.1 Å². The van der Waals surface area contributed by atoms with Crippen molar-refractivity contribution in [1.82, 2.24) is 15.3 Å². The van der Waals surface area contributed by atoms with Gasteiger partial charge in [-0.05, 0) is 44.6 Å². The zero-order chi connectivity index (χ0) is 12.5. The van der Waals surface area contributed by atoms with Crippen molar-refractivity contribution >= 4 is 0 Å². The van der Waals surface area contributed by atoms with E-state index in [9.17, 15) is 0 Å². The molecular weight excluding hydrogens is 226 g/mol. The minimum atomic E-state index is 0.0876. The predicted octanol–water partition coefficient (Wildman–Crippen LogP) is 2.13. The molecule has 1 N–H and O–H groups in total. The highest BCUT2D eigenvalue weighted by atomic mass is 16.5. The Morgan fingerprint density at radius 3 is 2.72 bits per heavy atom. The standard InChI is InChI=1S/C14H21N3O/c1-9-7-12(8-15-11-5-6-11)17-14(16-9)13(18-2)10-3-4-10/h7,10-11,13,15H,3-6,8H2,1-2H3. The molecule has 4 nitrogen and oxygen atoms in total. The molecule has 0 saturated heterocycles. The Morgan fingerprint density at radius 1 is 1.33 bits per heavy atom. The van der Waals surface area contributed by atoms with Gasteiger partial charge in [0.15, 0.2) is 5.82 Å². The third-order valence-corrected chi connectivity index (χ3v) is 3.63. The molecule has 0 aromatic carbocycles.